The molecule has 0 N–H and O–H groups in total. The van der Waals surface area contributed by atoms with Gasteiger partial charge in [0.05, 0.1) is 19.3 Å². The van der Waals surface area contributed by atoms with Crippen molar-refractivity contribution < 1.29 is 9.53 Å². The van der Waals surface area contributed by atoms with E-state index < -0.39 is 0 Å². The molecule has 0 amide bonds. The van der Waals surface area contributed by atoms with Gasteiger partial charge in [-0.15, -0.1) is 0 Å². The van der Waals surface area contributed by atoms with E-state index in [2.05, 4.69) is 10.00 Å². The van der Waals surface area contributed by atoms with Crippen LogP contribution in [0.1, 0.15) is 35.4 Å². The maximum atomic E-state index is 13.2. The largest absolute Gasteiger partial charge is 0.497 e. The summed E-state index contributed by atoms with van der Waals surface area (Å²) in [7, 11) is 1.64. The van der Waals surface area contributed by atoms with Gasteiger partial charge < -0.3 is 4.74 Å². The maximum Gasteiger partial charge on any atom is 0.197 e. The molecule has 2 aromatic heterocycles. The van der Waals surface area contributed by atoms with Crippen molar-refractivity contribution in [1.82, 2.24) is 19.5 Å². The number of ether oxygens (including phenoxy) is 1. The monoisotopic (exact) mass is 364 g/mol. The standard InChI is InChI=1S/C21H24N4O2/c1-15-6-11-19-22-20(16-7-9-17(27-2)10-8-16)21(25(19)23-15)18(26)14-24-12-4-3-5-13-24/h6-11H,3-5,12-14H2,1-2H3. The third-order valence-corrected chi connectivity index (χ3v) is 5.05. The lowest BCUT2D eigenvalue weighted by atomic mass is 10.1. The number of rotatable bonds is 5. The molecule has 1 aliphatic rings. The van der Waals surface area contributed by atoms with E-state index in [4.69, 9.17) is 9.72 Å². The minimum atomic E-state index is 0.0633. The maximum absolute atomic E-state index is 13.2. The number of Topliss-reactive ketones (excluding diaryl/α,β-unsaturated/α-hetero) is 1. The van der Waals surface area contributed by atoms with Crippen molar-refractivity contribution in [3.8, 4) is 17.0 Å². The zero-order valence-corrected chi connectivity index (χ0v) is 15.8. The van der Waals surface area contributed by atoms with Crippen LogP contribution in [0, 0.1) is 6.92 Å². The number of fused-ring (bicyclic) bond motifs is 1. The first-order valence-electron chi connectivity index (χ1n) is 9.42. The quantitative estimate of drug-likeness (QED) is 0.650. The second-order valence-electron chi connectivity index (χ2n) is 7.04. The second kappa shape index (κ2) is 7.48. The van der Waals surface area contributed by atoms with Gasteiger partial charge in [-0.1, -0.05) is 6.42 Å². The number of aryl methyl sites for hydroxylation is 1. The van der Waals surface area contributed by atoms with Crippen LogP contribution < -0.4 is 4.74 Å². The van der Waals surface area contributed by atoms with E-state index in [1.807, 2.05) is 43.3 Å². The average Bonchev–Trinajstić information content (AvgIpc) is 3.07. The van der Waals surface area contributed by atoms with Gasteiger partial charge in [0.2, 0.25) is 0 Å². The van der Waals surface area contributed by atoms with Gasteiger partial charge in [0, 0.05) is 5.56 Å². The molecule has 0 unspecified atom stereocenters. The second-order valence-corrected chi connectivity index (χ2v) is 7.04. The topological polar surface area (TPSA) is 59.7 Å². The molecule has 3 heterocycles. The Morgan fingerprint density at radius 3 is 2.52 bits per heavy atom. The predicted octanol–water partition coefficient (Wildman–Crippen LogP) is 3.38. The Labute approximate surface area is 158 Å². The molecule has 0 spiro atoms. The summed E-state index contributed by atoms with van der Waals surface area (Å²) in [4.78, 5) is 20.2. The molecule has 0 atom stereocenters. The fourth-order valence-corrected chi connectivity index (χ4v) is 3.62. The normalized spacial score (nSPS) is 15.2. The summed E-state index contributed by atoms with van der Waals surface area (Å²) in [6.07, 6.45) is 3.56. The Balaban J connectivity index is 1.77. The molecule has 140 valence electrons. The zero-order valence-electron chi connectivity index (χ0n) is 15.8. The molecule has 6 nitrogen and oxygen atoms in total. The molecule has 0 radical (unpaired) electrons. The van der Waals surface area contributed by atoms with E-state index >= 15 is 0 Å². The molecule has 1 aromatic carbocycles. The van der Waals surface area contributed by atoms with Crippen LogP contribution >= 0.6 is 0 Å². The van der Waals surface area contributed by atoms with Crippen LogP contribution in [0.15, 0.2) is 36.4 Å². The van der Waals surface area contributed by atoms with Gasteiger partial charge in [0.25, 0.3) is 0 Å². The van der Waals surface area contributed by atoms with Crippen molar-refractivity contribution in [2.75, 3.05) is 26.7 Å². The highest BCUT2D eigenvalue weighted by molar-refractivity contribution is 6.02. The fourth-order valence-electron chi connectivity index (χ4n) is 3.62. The molecule has 27 heavy (non-hydrogen) atoms. The molecule has 1 fully saturated rings. The number of nitrogens with zero attached hydrogens (tertiary/aromatic N) is 4. The Kier molecular flexibility index (Phi) is 4.90. The van der Waals surface area contributed by atoms with Gasteiger partial charge in [-0.2, -0.15) is 5.10 Å². The summed E-state index contributed by atoms with van der Waals surface area (Å²) >= 11 is 0. The van der Waals surface area contributed by atoms with Crippen LogP contribution in [0.2, 0.25) is 0 Å². The van der Waals surface area contributed by atoms with Crippen LogP contribution in [0.5, 0.6) is 5.75 Å². The van der Waals surface area contributed by atoms with Gasteiger partial charge in [-0.25, -0.2) is 9.50 Å². The number of hydrogen-bond acceptors (Lipinski definition) is 5. The molecule has 1 saturated heterocycles. The van der Waals surface area contributed by atoms with E-state index in [1.54, 1.807) is 11.6 Å². The smallest absolute Gasteiger partial charge is 0.197 e. The Morgan fingerprint density at radius 2 is 1.81 bits per heavy atom. The minimum absolute atomic E-state index is 0.0633. The highest BCUT2D eigenvalue weighted by Gasteiger charge is 2.24. The van der Waals surface area contributed by atoms with Crippen molar-refractivity contribution >= 4 is 11.4 Å². The van der Waals surface area contributed by atoms with Crippen molar-refractivity contribution in [1.29, 1.82) is 0 Å². The first kappa shape index (κ1) is 17.7. The van der Waals surface area contributed by atoms with Crippen LogP contribution in [0.3, 0.4) is 0 Å². The van der Waals surface area contributed by atoms with Crippen LogP contribution in [-0.4, -0.2) is 52.0 Å². The average molecular weight is 364 g/mol. The van der Waals surface area contributed by atoms with E-state index in [0.29, 0.717) is 23.6 Å². The molecule has 3 aromatic rings. The van der Waals surface area contributed by atoms with Gasteiger partial charge in [0.1, 0.15) is 17.1 Å². The number of methoxy groups -OCH3 is 1. The zero-order chi connectivity index (χ0) is 18.8. The van der Waals surface area contributed by atoms with Crippen LogP contribution in [0.4, 0.5) is 0 Å². The molecule has 4 rings (SSSR count). The molecule has 1 aliphatic heterocycles. The van der Waals surface area contributed by atoms with Gasteiger partial charge in [-0.3, -0.25) is 9.69 Å². The predicted molar refractivity (Wildman–Crippen MR) is 104 cm³/mol. The molecule has 0 saturated carbocycles. The Hall–Kier alpha value is -2.73. The molecule has 0 aliphatic carbocycles. The summed E-state index contributed by atoms with van der Waals surface area (Å²) in [6.45, 7) is 4.29. The minimum Gasteiger partial charge on any atom is -0.497 e. The molecular weight excluding hydrogens is 340 g/mol. The van der Waals surface area contributed by atoms with Gasteiger partial charge in [0.15, 0.2) is 11.4 Å². The van der Waals surface area contributed by atoms with Crippen molar-refractivity contribution in [3.63, 3.8) is 0 Å². The number of likely N-dealkylation sites (tertiary alicyclic amines) is 1. The van der Waals surface area contributed by atoms with Gasteiger partial charge in [-0.05, 0) is 69.3 Å². The third-order valence-electron chi connectivity index (χ3n) is 5.05. The van der Waals surface area contributed by atoms with Crippen molar-refractivity contribution in [2.24, 2.45) is 0 Å². The van der Waals surface area contributed by atoms with Crippen LogP contribution in [-0.2, 0) is 0 Å². The number of aromatic nitrogens is 3. The number of benzene rings is 1. The van der Waals surface area contributed by atoms with E-state index in [0.717, 1.165) is 42.9 Å². The summed E-state index contributed by atoms with van der Waals surface area (Å²) in [6, 6.07) is 11.5. The summed E-state index contributed by atoms with van der Waals surface area (Å²) in [5, 5.41) is 4.56. The third kappa shape index (κ3) is 3.57. The van der Waals surface area contributed by atoms with Gasteiger partial charge >= 0.3 is 0 Å². The SMILES string of the molecule is COc1ccc(-c2nc3ccc(C)nn3c2C(=O)CN2CCCCC2)cc1. The highest BCUT2D eigenvalue weighted by Crippen LogP contribution is 2.27. The summed E-state index contributed by atoms with van der Waals surface area (Å²) in [5.41, 5.74) is 3.67. The number of carbonyl (C=O) groups excluding carboxylic acids is 1. The van der Waals surface area contributed by atoms with Crippen LogP contribution in [0.25, 0.3) is 16.9 Å². The first-order chi connectivity index (χ1) is 13.2. The molecular formula is C21H24N4O2. The number of imidazole rings is 1. The number of hydrogen-bond donors (Lipinski definition) is 0. The van der Waals surface area contributed by atoms with E-state index in [1.165, 1.54) is 6.42 Å². The van der Waals surface area contributed by atoms with Crippen molar-refractivity contribution in [3.05, 3.63) is 47.8 Å². The summed E-state index contributed by atoms with van der Waals surface area (Å²) in [5.74, 6) is 0.839. The lowest BCUT2D eigenvalue weighted by Gasteiger charge is -2.25. The number of piperidine rings is 1. The highest BCUT2D eigenvalue weighted by atomic mass is 16.5. The first-order valence-corrected chi connectivity index (χ1v) is 9.42. The number of carbonyl (C=O) groups is 1. The van der Waals surface area contributed by atoms with E-state index in [-0.39, 0.29) is 5.78 Å². The van der Waals surface area contributed by atoms with Crippen molar-refractivity contribution in [2.45, 2.75) is 26.2 Å². The van der Waals surface area contributed by atoms with E-state index in [9.17, 15) is 4.79 Å². The lowest BCUT2D eigenvalue weighted by molar-refractivity contribution is 0.0909. The lowest BCUT2D eigenvalue weighted by Crippen LogP contribution is -2.35. The summed E-state index contributed by atoms with van der Waals surface area (Å²) < 4.78 is 6.94. The Bertz CT molecular complexity index is 956. The molecule has 6 heteroatoms. The molecule has 0 bridgehead atoms. The Morgan fingerprint density at radius 1 is 1.07 bits per heavy atom. The fraction of sp³-hybridized carbons (Fsp3) is 0.381. The number of ketones is 1.